The molecule has 1 aliphatic carbocycles. The van der Waals surface area contributed by atoms with Crippen molar-refractivity contribution >= 4 is 11.6 Å². The number of carbonyl (C=O) groups is 1. The molecule has 1 aromatic rings. The van der Waals surface area contributed by atoms with E-state index >= 15 is 0 Å². The maximum absolute atomic E-state index is 11.7. The molecule has 0 heterocycles. The Morgan fingerprint density at radius 2 is 2.00 bits per heavy atom. The lowest BCUT2D eigenvalue weighted by atomic mass is 9.97. The van der Waals surface area contributed by atoms with Crippen LogP contribution in [0.2, 0.25) is 0 Å². The molecule has 0 saturated carbocycles. The van der Waals surface area contributed by atoms with Crippen LogP contribution < -0.4 is 10.6 Å². The summed E-state index contributed by atoms with van der Waals surface area (Å²) in [4.78, 5) is 11.7. The van der Waals surface area contributed by atoms with E-state index in [4.69, 9.17) is 0 Å². The minimum Gasteiger partial charge on any atom is -0.376 e. The van der Waals surface area contributed by atoms with Gasteiger partial charge in [-0.2, -0.15) is 0 Å². The van der Waals surface area contributed by atoms with E-state index in [1.807, 2.05) is 24.3 Å². The molecule has 0 saturated heterocycles. The first-order valence-corrected chi connectivity index (χ1v) is 7.49. The molecule has 0 unspecified atom stereocenters. The van der Waals surface area contributed by atoms with Crippen molar-refractivity contribution < 1.29 is 4.79 Å². The van der Waals surface area contributed by atoms with Gasteiger partial charge in [-0.25, -0.2) is 0 Å². The van der Waals surface area contributed by atoms with Gasteiger partial charge in [0, 0.05) is 12.2 Å². The van der Waals surface area contributed by atoms with Gasteiger partial charge in [-0.3, -0.25) is 4.79 Å². The first-order valence-electron chi connectivity index (χ1n) is 7.49. The Labute approximate surface area is 121 Å². The van der Waals surface area contributed by atoms with E-state index in [1.54, 1.807) is 0 Å². The van der Waals surface area contributed by atoms with Gasteiger partial charge < -0.3 is 10.6 Å². The van der Waals surface area contributed by atoms with Crippen LogP contribution in [-0.4, -0.2) is 19.0 Å². The van der Waals surface area contributed by atoms with Crippen LogP contribution in [0.1, 0.15) is 37.7 Å². The summed E-state index contributed by atoms with van der Waals surface area (Å²) in [6.45, 7) is 3.14. The highest BCUT2D eigenvalue weighted by Crippen LogP contribution is 2.19. The van der Waals surface area contributed by atoms with Crippen LogP contribution in [0.15, 0.2) is 35.9 Å². The molecule has 20 heavy (non-hydrogen) atoms. The van der Waals surface area contributed by atoms with Crippen LogP contribution in [0.3, 0.4) is 0 Å². The number of aryl methyl sites for hydroxylation is 1. The van der Waals surface area contributed by atoms with E-state index in [0.717, 1.165) is 18.7 Å². The van der Waals surface area contributed by atoms with E-state index in [2.05, 4.69) is 23.6 Å². The zero-order valence-corrected chi connectivity index (χ0v) is 12.2. The van der Waals surface area contributed by atoms with Crippen molar-refractivity contribution in [2.45, 2.75) is 39.0 Å². The van der Waals surface area contributed by atoms with Crippen molar-refractivity contribution in [3.63, 3.8) is 0 Å². The summed E-state index contributed by atoms with van der Waals surface area (Å²) >= 11 is 0. The highest BCUT2D eigenvalue weighted by molar-refractivity contribution is 5.80. The molecule has 0 aromatic heterocycles. The number of rotatable bonds is 6. The Kier molecular flexibility index (Phi) is 5.66. The number of allylic oxidation sites excluding steroid dienone is 1. The standard InChI is InChI=1S/C17H24N2O/c1-14-7-9-16(10-8-14)19-13-17(20)18-12-11-15-5-3-2-4-6-15/h5,7-10,19H,2-4,6,11-13H2,1H3,(H,18,20). The molecule has 1 aromatic carbocycles. The second kappa shape index (κ2) is 7.73. The number of nitrogens with one attached hydrogen (secondary N) is 2. The Bertz CT molecular complexity index is 462. The van der Waals surface area contributed by atoms with Crippen LogP contribution in [-0.2, 0) is 4.79 Å². The normalized spacial score (nSPS) is 14.6. The number of anilines is 1. The summed E-state index contributed by atoms with van der Waals surface area (Å²) in [6.07, 6.45) is 8.36. The average Bonchev–Trinajstić information content (AvgIpc) is 2.48. The molecule has 3 nitrogen and oxygen atoms in total. The average molecular weight is 272 g/mol. The maximum Gasteiger partial charge on any atom is 0.239 e. The smallest absolute Gasteiger partial charge is 0.239 e. The van der Waals surface area contributed by atoms with Gasteiger partial charge in [0.1, 0.15) is 0 Å². The maximum atomic E-state index is 11.7. The fraction of sp³-hybridized carbons (Fsp3) is 0.471. The number of benzene rings is 1. The highest BCUT2D eigenvalue weighted by Gasteiger charge is 2.05. The lowest BCUT2D eigenvalue weighted by Crippen LogP contribution is -2.30. The molecule has 0 spiro atoms. The van der Waals surface area contributed by atoms with Crippen LogP contribution >= 0.6 is 0 Å². The van der Waals surface area contributed by atoms with Gasteiger partial charge in [0.25, 0.3) is 0 Å². The summed E-state index contributed by atoms with van der Waals surface area (Å²) in [5, 5.41) is 6.10. The van der Waals surface area contributed by atoms with Crippen molar-refractivity contribution in [1.29, 1.82) is 0 Å². The van der Waals surface area contributed by atoms with E-state index in [-0.39, 0.29) is 5.91 Å². The zero-order chi connectivity index (χ0) is 14.2. The summed E-state index contributed by atoms with van der Waals surface area (Å²) in [7, 11) is 0. The highest BCUT2D eigenvalue weighted by atomic mass is 16.1. The molecule has 0 atom stereocenters. The molecule has 3 heteroatoms. The number of hydrogen-bond donors (Lipinski definition) is 2. The summed E-state index contributed by atoms with van der Waals surface area (Å²) in [6, 6.07) is 8.07. The minimum atomic E-state index is 0.0574. The van der Waals surface area contributed by atoms with Crippen molar-refractivity contribution in [3.05, 3.63) is 41.5 Å². The van der Waals surface area contributed by atoms with E-state index in [9.17, 15) is 4.79 Å². The molecule has 0 fully saturated rings. The van der Waals surface area contributed by atoms with Gasteiger partial charge >= 0.3 is 0 Å². The molecule has 108 valence electrons. The number of amides is 1. The van der Waals surface area contributed by atoms with Gasteiger partial charge in [0.2, 0.25) is 5.91 Å². The SMILES string of the molecule is Cc1ccc(NCC(=O)NCCC2=CCCCC2)cc1. The fourth-order valence-corrected chi connectivity index (χ4v) is 2.41. The Hall–Kier alpha value is -1.77. The largest absolute Gasteiger partial charge is 0.376 e. The Balaban J connectivity index is 1.62. The van der Waals surface area contributed by atoms with Crippen LogP contribution in [0, 0.1) is 6.92 Å². The molecule has 2 rings (SSSR count). The first-order chi connectivity index (χ1) is 9.74. The third-order valence-electron chi connectivity index (χ3n) is 3.66. The van der Waals surface area contributed by atoms with Gasteiger partial charge in [-0.15, -0.1) is 0 Å². The summed E-state index contributed by atoms with van der Waals surface area (Å²) in [5.41, 5.74) is 3.71. The van der Waals surface area contributed by atoms with Crippen molar-refractivity contribution in [3.8, 4) is 0 Å². The van der Waals surface area contributed by atoms with Gasteiger partial charge in [-0.05, 0) is 51.2 Å². The Morgan fingerprint density at radius 1 is 1.20 bits per heavy atom. The fourth-order valence-electron chi connectivity index (χ4n) is 2.41. The monoisotopic (exact) mass is 272 g/mol. The molecule has 1 amide bonds. The van der Waals surface area contributed by atoms with Crippen molar-refractivity contribution in [1.82, 2.24) is 5.32 Å². The number of hydrogen-bond acceptors (Lipinski definition) is 2. The molecule has 0 radical (unpaired) electrons. The van der Waals surface area contributed by atoms with Gasteiger partial charge in [0.15, 0.2) is 0 Å². The lowest BCUT2D eigenvalue weighted by molar-refractivity contribution is -0.119. The van der Waals surface area contributed by atoms with Gasteiger partial charge in [0.05, 0.1) is 6.54 Å². The zero-order valence-electron chi connectivity index (χ0n) is 12.2. The number of carbonyl (C=O) groups excluding carboxylic acids is 1. The molecule has 0 aliphatic heterocycles. The van der Waals surface area contributed by atoms with Crippen molar-refractivity contribution in [2.75, 3.05) is 18.4 Å². The minimum absolute atomic E-state index is 0.0574. The molecule has 0 bridgehead atoms. The van der Waals surface area contributed by atoms with Gasteiger partial charge in [-0.1, -0.05) is 29.3 Å². The predicted molar refractivity (Wildman–Crippen MR) is 83.8 cm³/mol. The topological polar surface area (TPSA) is 41.1 Å². The van der Waals surface area contributed by atoms with E-state index < -0.39 is 0 Å². The molecule has 1 aliphatic rings. The van der Waals surface area contributed by atoms with E-state index in [0.29, 0.717) is 6.54 Å². The summed E-state index contributed by atoms with van der Waals surface area (Å²) < 4.78 is 0. The summed E-state index contributed by atoms with van der Waals surface area (Å²) in [5.74, 6) is 0.0574. The molecular formula is C17H24N2O. The quantitative estimate of drug-likeness (QED) is 0.779. The second-order valence-corrected chi connectivity index (χ2v) is 5.43. The van der Waals surface area contributed by atoms with Crippen molar-refractivity contribution in [2.24, 2.45) is 0 Å². The third kappa shape index (κ3) is 5.08. The molecule has 2 N–H and O–H groups in total. The Morgan fingerprint density at radius 3 is 2.70 bits per heavy atom. The van der Waals surface area contributed by atoms with E-state index in [1.165, 1.54) is 36.8 Å². The predicted octanol–water partition coefficient (Wildman–Crippen LogP) is 3.41. The van der Waals surface area contributed by atoms with Crippen LogP contribution in [0.25, 0.3) is 0 Å². The van der Waals surface area contributed by atoms with Crippen LogP contribution in [0.4, 0.5) is 5.69 Å². The molecular weight excluding hydrogens is 248 g/mol. The third-order valence-corrected chi connectivity index (χ3v) is 3.66. The first kappa shape index (κ1) is 14.6. The second-order valence-electron chi connectivity index (χ2n) is 5.43. The van der Waals surface area contributed by atoms with Crippen LogP contribution in [0.5, 0.6) is 0 Å². The lowest BCUT2D eigenvalue weighted by Gasteiger charge is -2.13.